The van der Waals surface area contributed by atoms with Crippen LogP contribution in [0.2, 0.25) is 0 Å². The number of methoxy groups -OCH3 is 1. The number of aromatic nitrogens is 2. The lowest BCUT2D eigenvalue weighted by Gasteiger charge is -2.23. The third-order valence-corrected chi connectivity index (χ3v) is 3.50. The van der Waals surface area contributed by atoms with Crippen molar-refractivity contribution >= 4 is 0 Å². The van der Waals surface area contributed by atoms with Crippen LogP contribution in [-0.2, 0) is 11.2 Å². The molecule has 5 nitrogen and oxygen atoms in total. The van der Waals surface area contributed by atoms with E-state index in [0.29, 0.717) is 6.04 Å². The molecule has 1 heterocycles. The molecule has 104 valence electrons. The third-order valence-electron chi connectivity index (χ3n) is 3.50. The summed E-state index contributed by atoms with van der Waals surface area (Å²) >= 11 is 0. The third kappa shape index (κ3) is 3.80. The molecule has 5 heteroatoms. The highest BCUT2D eigenvalue weighted by Gasteiger charge is 2.20. The van der Waals surface area contributed by atoms with Crippen LogP contribution >= 0.6 is 0 Å². The van der Waals surface area contributed by atoms with Gasteiger partial charge in [-0.05, 0) is 25.8 Å². The molecule has 18 heavy (non-hydrogen) atoms. The fourth-order valence-corrected chi connectivity index (χ4v) is 2.06. The number of nitrogens with zero attached hydrogens (tertiary/aromatic N) is 2. The lowest BCUT2D eigenvalue weighted by molar-refractivity contribution is 0.0650. The minimum atomic E-state index is 0.0975. The van der Waals surface area contributed by atoms with E-state index in [1.54, 1.807) is 7.11 Å². The molecule has 3 atom stereocenters. The molecule has 0 bridgehead atoms. The van der Waals surface area contributed by atoms with E-state index >= 15 is 0 Å². The van der Waals surface area contributed by atoms with Crippen LogP contribution in [-0.4, -0.2) is 29.0 Å². The molecule has 0 aliphatic heterocycles. The first-order valence-corrected chi connectivity index (χ1v) is 6.69. The van der Waals surface area contributed by atoms with Gasteiger partial charge < -0.3 is 4.74 Å². The fraction of sp³-hybridized carbons (Fsp3) is 0.769. The lowest BCUT2D eigenvalue weighted by Crippen LogP contribution is -2.46. The second-order valence-corrected chi connectivity index (χ2v) is 4.70. The van der Waals surface area contributed by atoms with Crippen molar-refractivity contribution in [2.45, 2.75) is 58.2 Å². The first kappa shape index (κ1) is 15.1. The summed E-state index contributed by atoms with van der Waals surface area (Å²) in [6.45, 7) is 6.42. The molecule has 0 radical (unpaired) electrons. The van der Waals surface area contributed by atoms with E-state index in [4.69, 9.17) is 10.6 Å². The number of hydrazine groups is 1. The van der Waals surface area contributed by atoms with Gasteiger partial charge in [0.05, 0.1) is 17.8 Å². The van der Waals surface area contributed by atoms with Gasteiger partial charge in [-0.1, -0.05) is 13.8 Å². The molecule has 3 unspecified atom stereocenters. The first-order valence-electron chi connectivity index (χ1n) is 6.69. The van der Waals surface area contributed by atoms with E-state index in [1.807, 2.05) is 10.9 Å². The number of nitrogens with one attached hydrogen (secondary N) is 1. The second-order valence-electron chi connectivity index (χ2n) is 4.70. The lowest BCUT2D eigenvalue weighted by atomic mass is 10.0. The first-order chi connectivity index (χ1) is 8.65. The predicted molar refractivity (Wildman–Crippen MR) is 73.1 cm³/mol. The summed E-state index contributed by atoms with van der Waals surface area (Å²) in [7, 11) is 1.72. The normalized spacial score (nSPS) is 16.5. The Labute approximate surface area is 110 Å². The highest BCUT2D eigenvalue weighted by Crippen LogP contribution is 2.12. The molecular formula is C13H26N4O. The van der Waals surface area contributed by atoms with Crippen LogP contribution in [0.3, 0.4) is 0 Å². The Balaban J connectivity index is 2.67. The summed E-state index contributed by atoms with van der Waals surface area (Å²) in [5, 5.41) is 4.59. The average Bonchev–Trinajstić information content (AvgIpc) is 2.86. The van der Waals surface area contributed by atoms with Crippen molar-refractivity contribution in [3.05, 3.63) is 18.0 Å². The SMILES string of the molecule is CCC(OC)C(Cc1ccn(C(C)CC)n1)NN. The van der Waals surface area contributed by atoms with E-state index in [9.17, 15) is 0 Å². The van der Waals surface area contributed by atoms with Gasteiger partial charge >= 0.3 is 0 Å². The number of nitrogens with two attached hydrogens (primary N) is 1. The van der Waals surface area contributed by atoms with E-state index in [0.717, 1.165) is 25.0 Å². The minimum absolute atomic E-state index is 0.0975. The van der Waals surface area contributed by atoms with Gasteiger partial charge in [0.2, 0.25) is 0 Å². The summed E-state index contributed by atoms with van der Waals surface area (Å²) in [5.41, 5.74) is 3.88. The summed E-state index contributed by atoms with van der Waals surface area (Å²) in [4.78, 5) is 0. The Morgan fingerprint density at radius 1 is 1.44 bits per heavy atom. The minimum Gasteiger partial charge on any atom is -0.380 e. The number of rotatable bonds is 8. The van der Waals surface area contributed by atoms with Gasteiger partial charge in [-0.25, -0.2) is 0 Å². The van der Waals surface area contributed by atoms with Crippen molar-refractivity contribution < 1.29 is 4.74 Å². The van der Waals surface area contributed by atoms with Gasteiger partial charge in [-0.3, -0.25) is 16.0 Å². The summed E-state index contributed by atoms with van der Waals surface area (Å²) in [5.74, 6) is 5.60. The maximum Gasteiger partial charge on any atom is 0.0738 e. The van der Waals surface area contributed by atoms with Gasteiger partial charge in [0, 0.05) is 25.8 Å². The van der Waals surface area contributed by atoms with Crippen molar-refractivity contribution in [1.82, 2.24) is 15.2 Å². The Morgan fingerprint density at radius 3 is 2.67 bits per heavy atom. The van der Waals surface area contributed by atoms with Crippen LogP contribution in [0.15, 0.2) is 12.3 Å². The van der Waals surface area contributed by atoms with Gasteiger partial charge in [0.1, 0.15) is 0 Å². The largest absolute Gasteiger partial charge is 0.380 e. The molecule has 0 aromatic carbocycles. The molecule has 0 saturated carbocycles. The number of hydrogen-bond donors (Lipinski definition) is 2. The average molecular weight is 254 g/mol. The number of ether oxygens (including phenoxy) is 1. The number of hydrogen-bond acceptors (Lipinski definition) is 4. The molecule has 0 fully saturated rings. The quantitative estimate of drug-likeness (QED) is 0.547. The molecule has 0 spiro atoms. The predicted octanol–water partition coefficient (Wildman–Crippen LogP) is 1.65. The maximum absolute atomic E-state index is 5.60. The van der Waals surface area contributed by atoms with E-state index in [2.05, 4.69) is 37.4 Å². The smallest absolute Gasteiger partial charge is 0.0738 e. The highest BCUT2D eigenvalue weighted by atomic mass is 16.5. The maximum atomic E-state index is 5.60. The van der Waals surface area contributed by atoms with Crippen LogP contribution < -0.4 is 11.3 Å². The van der Waals surface area contributed by atoms with Gasteiger partial charge in [-0.15, -0.1) is 0 Å². The molecule has 0 aliphatic rings. The van der Waals surface area contributed by atoms with Crippen molar-refractivity contribution in [3.8, 4) is 0 Å². The molecule has 3 N–H and O–H groups in total. The van der Waals surface area contributed by atoms with E-state index in [-0.39, 0.29) is 12.1 Å². The summed E-state index contributed by atoms with van der Waals surface area (Å²) in [6, 6.07) is 2.59. The van der Waals surface area contributed by atoms with Crippen molar-refractivity contribution in [1.29, 1.82) is 0 Å². The van der Waals surface area contributed by atoms with Crippen molar-refractivity contribution in [2.75, 3.05) is 7.11 Å². The summed E-state index contributed by atoms with van der Waals surface area (Å²) < 4.78 is 7.43. The van der Waals surface area contributed by atoms with Crippen molar-refractivity contribution in [3.63, 3.8) is 0 Å². The monoisotopic (exact) mass is 254 g/mol. The molecule has 1 aromatic heterocycles. The van der Waals surface area contributed by atoms with Crippen LogP contribution in [0.4, 0.5) is 0 Å². The standard InChI is InChI=1S/C13H26N4O/c1-5-10(3)17-8-7-11(16-17)9-12(15-14)13(6-2)18-4/h7-8,10,12-13,15H,5-6,9,14H2,1-4H3. The van der Waals surface area contributed by atoms with Gasteiger partial charge in [0.15, 0.2) is 0 Å². The Kier molecular flexibility index (Phi) is 6.32. The molecule has 0 saturated heterocycles. The zero-order valence-electron chi connectivity index (χ0n) is 11.9. The molecule has 1 aromatic rings. The zero-order chi connectivity index (χ0) is 13.5. The van der Waals surface area contributed by atoms with Gasteiger partial charge in [0.25, 0.3) is 0 Å². The Hall–Kier alpha value is -0.910. The Morgan fingerprint density at radius 2 is 2.17 bits per heavy atom. The van der Waals surface area contributed by atoms with Gasteiger partial charge in [-0.2, -0.15) is 5.10 Å². The molecular weight excluding hydrogens is 228 g/mol. The zero-order valence-corrected chi connectivity index (χ0v) is 11.9. The molecule has 1 rings (SSSR count). The topological polar surface area (TPSA) is 65.1 Å². The van der Waals surface area contributed by atoms with Crippen molar-refractivity contribution in [2.24, 2.45) is 5.84 Å². The Bertz CT molecular complexity index is 335. The summed E-state index contributed by atoms with van der Waals surface area (Å²) in [6.07, 6.45) is 4.94. The second kappa shape index (κ2) is 7.51. The van der Waals surface area contributed by atoms with Crippen LogP contribution in [0.25, 0.3) is 0 Å². The van der Waals surface area contributed by atoms with Crippen LogP contribution in [0.1, 0.15) is 45.3 Å². The van der Waals surface area contributed by atoms with E-state index < -0.39 is 0 Å². The van der Waals surface area contributed by atoms with E-state index in [1.165, 1.54) is 0 Å². The van der Waals surface area contributed by atoms with Crippen LogP contribution in [0.5, 0.6) is 0 Å². The fourth-order valence-electron chi connectivity index (χ4n) is 2.06. The molecule has 0 aliphatic carbocycles. The highest BCUT2D eigenvalue weighted by molar-refractivity contribution is 5.03. The van der Waals surface area contributed by atoms with Crippen LogP contribution in [0, 0.1) is 0 Å². The molecule has 0 amide bonds.